The second-order valence-electron chi connectivity index (χ2n) is 4.24. The second kappa shape index (κ2) is 4.34. The first-order valence-corrected chi connectivity index (χ1v) is 6.35. The van der Waals surface area contributed by atoms with Gasteiger partial charge >= 0.3 is 0 Å². The summed E-state index contributed by atoms with van der Waals surface area (Å²) in [5, 5.41) is 10.3. The summed E-state index contributed by atoms with van der Waals surface area (Å²) in [6, 6.07) is 3.80. The molecule has 0 bridgehead atoms. The molecular formula is C12H14F2OS. The number of halogens is 2. The summed E-state index contributed by atoms with van der Waals surface area (Å²) in [6.45, 7) is 1.90. The monoisotopic (exact) mass is 244 g/mol. The topological polar surface area (TPSA) is 20.2 Å². The van der Waals surface area contributed by atoms with E-state index in [2.05, 4.69) is 0 Å². The molecule has 0 aromatic heterocycles. The Morgan fingerprint density at radius 1 is 1.44 bits per heavy atom. The summed E-state index contributed by atoms with van der Waals surface area (Å²) in [5.74, 6) is -0.302. The Hall–Kier alpha value is -0.610. The number of benzene rings is 1. The van der Waals surface area contributed by atoms with Crippen molar-refractivity contribution in [1.29, 1.82) is 0 Å². The van der Waals surface area contributed by atoms with Crippen LogP contribution in [0.15, 0.2) is 18.2 Å². The predicted molar refractivity (Wildman–Crippen MR) is 61.5 cm³/mol. The van der Waals surface area contributed by atoms with Crippen LogP contribution in [-0.2, 0) is 6.42 Å². The molecule has 4 heteroatoms. The molecule has 0 radical (unpaired) electrons. The number of rotatable bonds is 2. The van der Waals surface area contributed by atoms with Crippen LogP contribution in [0.4, 0.5) is 8.78 Å². The maximum Gasteiger partial charge on any atom is 0.129 e. The van der Waals surface area contributed by atoms with Crippen LogP contribution in [0, 0.1) is 11.6 Å². The van der Waals surface area contributed by atoms with E-state index >= 15 is 0 Å². The molecule has 2 unspecified atom stereocenters. The molecule has 1 nitrogen and oxygen atoms in total. The molecule has 88 valence electrons. The van der Waals surface area contributed by atoms with Crippen molar-refractivity contribution < 1.29 is 13.9 Å². The average molecular weight is 244 g/mol. The molecule has 1 N–H and O–H groups in total. The third kappa shape index (κ3) is 2.09. The molecular weight excluding hydrogens is 230 g/mol. The lowest BCUT2D eigenvalue weighted by Gasteiger charge is -2.27. The third-order valence-corrected chi connectivity index (χ3v) is 4.58. The average Bonchev–Trinajstić information content (AvgIpc) is 2.54. The zero-order chi connectivity index (χ0) is 11.8. The van der Waals surface area contributed by atoms with Crippen molar-refractivity contribution >= 4 is 11.8 Å². The fourth-order valence-corrected chi connectivity index (χ4v) is 3.35. The van der Waals surface area contributed by atoms with Gasteiger partial charge in [-0.25, -0.2) is 8.78 Å². The largest absolute Gasteiger partial charge is 0.388 e. The third-order valence-electron chi connectivity index (χ3n) is 3.20. The van der Waals surface area contributed by atoms with Crippen LogP contribution in [0.5, 0.6) is 0 Å². The van der Waals surface area contributed by atoms with Gasteiger partial charge in [0.15, 0.2) is 0 Å². The summed E-state index contributed by atoms with van der Waals surface area (Å²) in [7, 11) is 0. The number of hydrogen-bond donors (Lipinski definition) is 1. The highest BCUT2D eigenvalue weighted by molar-refractivity contribution is 8.00. The van der Waals surface area contributed by atoms with Gasteiger partial charge in [0.05, 0.1) is 5.60 Å². The first-order valence-electron chi connectivity index (χ1n) is 5.30. The Kier molecular flexibility index (Phi) is 3.22. The zero-order valence-electron chi connectivity index (χ0n) is 9.04. The first-order chi connectivity index (χ1) is 7.53. The van der Waals surface area contributed by atoms with Crippen LogP contribution in [0.3, 0.4) is 0 Å². The van der Waals surface area contributed by atoms with E-state index in [9.17, 15) is 13.9 Å². The molecule has 2 rings (SSSR count). The fourth-order valence-electron chi connectivity index (χ4n) is 2.01. The Balaban J connectivity index is 2.27. The quantitative estimate of drug-likeness (QED) is 0.863. The van der Waals surface area contributed by atoms with E-state index in [1.165, 1.54) is 18.2 Å². The van der Waals surface area contributed by atoms with E-state index in [-0.39, 0.29) is 17.2 Å². The van der Waals surface area contributed by atoms with Crippen molar-refractivity contribution in [1.82, 2.24) is 0 Å². The van der Waals surface area contributed by atoms with Gasteiger partial charge in [-0.15, -0.1) is 0 Å². The molecule has 1 aromatic rings. The molecule has 1 saturated heterocycles. The van der Waals surface area contributed by atoms with E-state index in [1.807, 2.05) is 6.92 Å². The van der Waals surface area contributed by atoms with Gasteiger partial charge in [0.25, 0.3) is 0 Å². The summed E-state index contributed by atoms with van der Waals surface area (Å²) in [6.07, 6.45) is 0.645. The normalized spacial score (nSPS) is 29.6. The van der Waals surface area contributed by atoms with Crippen molar-refractivity contribution in [2.45, 2.75) is 30.6 Å². The van der Waals surface area contributed by atoms with Crippen LogP contribution in [0.25, 0.3) is 0 Å². The molecule has 1 heterocycles. The van der Waals surface area contributed by atoms with Crippen LogP contribution >= 0.6 is 11.8 Å². The molecule has 0 saturated carbocycles. The maximum absolute atomic E-state index is 13.4. The van der Waals surface area contributed by atoms with Crippen molar-refractivity contribution in [3.05, 3.63) is 35.4 Å². The van der Waals surface area contributed by atoms with Crippen LogP contribution in [0.2, 0.25) is 0 Å². The molecule has 0 amide bonds. The SMILES string of the molecule is CC1SCCC1(O)Cc1c(F)cccc1F. The molecule has 1 aliphatic heterocycles. The minimum Gasteiger partial charge on any atom is -0.388 e. The van der Waals surface area contributed by atoms with E-state index in [0.717, 1.165) is 5.75 Å². The van der Waals surface area contributed by atoms with Gasteiger partial charge in [-0.1, -0.05) is 13.0 Å². The number of thioether (sulfide) groups is 1. The Labute approximate surface area is 97.9 Å². The molecule has 1 aliphatic rings. The summed E-state index contributed by atoms with van der Waals surface area (Å²) >= 11 is 1.64. The summed E-state index contributed by atoms with van der Waals surface area (Å²) < 4.78 is 26.9. The van der Waals surface area contributed by atoms with Gasteiger partial charge in [0, 0.05) is 17.2 Å². The fraction of sp³-hybridized carbons (Fsp3) is 0.500. The molecule has 16 heavy (non-hydrogen) atoms. The van der Waals surface area contributed by atoms with Gasteiger partial charge in [-0.3, -0.25) is 0 Å². The second-order valence-corrected chi connectivity index (χ2v) is 5.69. The van der Waals surface area contributed by atoms with Crippen molar-refractivity contribution in [3.8, 4) is 0 Å². The van der Waals surface area contributed by atoms with Crippen LogP contribution < -0.4 is 0 Å². The minimum absolute atomic E-state index is 0.000602. The smallest absolute Gasteiger partial charge is 0.129 e. The van der Waals surface area contributed by atoms with E-state index in [1.54, 1.807) is 11.8 Å². The Bertz CT molecular complexity index is 376. The zero-order valence-corrected chi connectivity index (χ0v) is 9.86. The highest BCUT2D eigenvalue weighted by atomic mass is 32.2. The lowest BCUT2D eigenvalue weighted by Crippen LogP contribution is -2.37. The summed E-state index contributed by atoms with van der Waals surface area (Å²) in [5.41, 5.74) is -0.979. The maximum atomic E-state index is 13.4. The number of hydrogen-bond acceptors (Lipinski definition) is 2. The van der Waals surface area contributed by atoms with Crippen molar-refractivity contribution in [3.63, 3.8) is 0 Å². The van der Waals surface area contributed by atoms with Crippen LogP contribution in [-0.4, -0.2) is 21.7 Å². The molecule has 1 aromatic carbocycles. The van der Waals surface area contributed by atoms with Gasteiger partial charge in [-0.05, 0) is 24.3 Å². The molecule has 0 spiro atoms. The Morgan fingerprint density at radius 2 is 2.06 bits per heavy atom. The standard InChI is InChI=1S/C12H14F2OS/c1-8-12(15,5-6-16-8)7-9-10(13)3-2-4-11(9)14/h2-4,8,15H,5-7H2,1H3. The highest BCUT2D eigenvalue weighted by Gasteiger charge is 2.40. The minimum atomic E-state index is -0.978. The van der Waals surface area contributed by atoms with Gasteiger partial charge in [0.1, 0.15) is 11.6 Å². The van der Waals surface area contributed by atoms with Crippen molar-refractivity contribution in [2.75, 3.05) is 5.75 Å². The molecule has 1 fully saturated rings. The van der Waals surface area contributed by atoms with Gasteiger partial charge in [-0.2, -0.15) is 11.8 Å². The van der Waals surface area contributed by atoms with Crippen LogP contribution in [0.1, 0.15) is 18.9 Å². The van der Waals surface area contributed by atoms with E-state index in [0.29, 0.717) is 6.42 Å². The summed E-state index contributed by atoms with van der Waals surface area (Å²) in [4.78, 5) is 0. The first kappa shape index (κ1) is 11.9. The predicted octanol–water partition coefficient (Wildman–Crippen LogP) is 2.76. The molecule has 0 aliphatic carbocycles. The van der Waals surface area contributed by atoms with Gasteiger partial charge < -0.3 is 5.11 Å². The van der Waals surface area contributed by atoms with Gasteiger partial charge in [0.2, 0.25) is 0 Å². The highest BCUT2D eigenvalue weighted by Crippen LogP contribution is 2.38. The van der Waals surface area contributed by atoms with E-state index in [4.69, 9.17) is 0 Å². The molecule has 2 atom stereocenters. The lowest BCUT2D eigenvalue weighted by molar-refractivity contribution is 0.0447. The lowest BCUT2D eigenvalue weighted by atomic mass is 9.89. The van der Waals surface area contributed by atoms with E-state index < -0.39 is 17.2 Å². The Morgan fingerprint density at radius 3 is 2.56 bits per heavy atom. The van der Waals surface area contributed by atoms with Crippen molar-refractivity contribution in [2.24, 2.45) is 0 Å². The number of aliphatic hydroxyl groups is 1.